The van der Waals surface area contributed by atoms with Crippen molar-refractivity contribution >= 4 is 17.8 Å². The van der Waals surface area contributed by atoms with Gasteiger partial charge in [0.05, 0.1) is 31.0 Å². The molecule has 3 rings (SSSR count). The second-order valence-electron chi connectivity index (χ2n) is 7.50. The van der Waals surface area contributed by atoms with E-state index < -0.39 is 18.2 Å². The molecule has 3 heterocycles. The first kappa shape index (κ1) is 24.8. The standard InChI is InChI=1S/C18H23N5O2.C2HF3O2/c1-13(2)9-17(24)22-11-15-6-8-21-23(15)16(12-22)18(25)20-10-14-5-3-4-7-19-14;3-2(4,5)1(6)7/h3-8,13,16H,9-12H2,1-2H3,(H,20,25);(H,6,7). The van der Waals surface area contributed by atoms with Gasteiger partial charge in [0.25, 0.3) is 0 Å². The fourth-order valence-corrected chi connectivity index (χ4v) is 2.95. The van der Waals surface area contributed by atoms with E-state index in [1.165, 1.54) is 0 Å². The molecule has 0 aliphatic carbocycles. The van der Waals surface area contributed by atoms with Gasteiger partial charge in [-0.2, -0.15) is 18.3 Å². The maximum absolute atomic E-state index is 12.7. The number of carboxylic acid groups (broad SMARTS) is 1. The Morgan fingerprint density at radius 3 is 2.47 bits per heavy atom. The van der Waals surface area contributed by atoms with Crippen LogP contribution < -0.4 is 5.32 Å². The Hall–Kier alpha value is -3.44. The van der Waals surface area contributed by atoms with Crippen molar-refractivity contribution in [3.8, 4) is 0 Å². The minimum Gasteiger partial charge on any atom is -0.475 e. The molecule has 2 amide bonds. The van der Waals surface area contributed by atoms with Crippen LogP contribution in [0.1, 0.15) is 37.7 Å². The summed E-state index contributed by atoms with van der Waals surface area (Å²) in [4.78, 5) is 40.0. The van der Waals surface area contributed by atoms with E-state index >= 15 is 0 Å². The van der Waals surface area contributed by atoms with Gasteiger partial charge in [-0.25, -0.2) is 4.79 Å². The molecule has 174 valence electrons. The number of carbonyl (C=O) groups is 3. The van der Waals surface area contributed by atoms with Crippen LogP contribution in [0.5, 0.6) is 0 Å². The summed E-state index contributed by atoms with van der Waals surface area (Å²) in [5.74, 6) is -2.55. The molecule has 32 heavy (non-hydrogen) atoms. The van der Waals surface area contributed by atoms with Gasteiger partial charge in [-0.15, -0.1) is 0 Å². The summed E-state index contributed by atoms with van der Waals surface area (Å²) in [6, 6.07) is 6.92. The lowest BCUT2D eigenvalue weighted by Crippen LogP contribution is -2.47. The average Bonchev–Trinajstić information content (AvgIpc) is 3.20. The van der Waals surface area contributed by atoms with Gasteiger partial charge in [0, 0.05) is 18.8 Å². The van der Waals surface area contributed by atoms with Crippen molar-refractivity contribution in [2.45, 2.75) is 45.6 Å². The summed E-state index contributed by atoms with van der Waals surface area (Å²) in [5.41, 5.74) is 1.67. The third-order valence-electron chi connectivity index (χ3n) is 4.44. The molecule has 0 saturated heterocycles. The highest BCUT2D eigenvalue weighted by Gasteiger charge is 2.38. The second-order valence-corrected chi connectivity index (χ2v) is 7.50. The topological polar surface area (TPSA) is 117 Å². The molecule has 9 nitrogen and oxygen atoms in total. The third-order valence-corrected chi connectivity index (χ3v) is 4.44. The Morgan fingerprint density at radius 1 is 1.22 bits per heavy atom. The zero-order chi connectivity index (χ0) is 23.9. The van der Waals surface area contributed by atoms with Crippen molar-refractivity contribution in [1.82, 2.24) is 25.0 Å². The maximum atomic E-state index is 12.7. The van der Waals surface area contributed by atoms with Crippen LogP contribution in [0.4, 0.5) is 13.2 Å². The van der Waals surface area contributed by atoms with E-state index in [0.29, 0.717) is 26.1 Å². The summed E-state index contributed by atoms with van der Waals surface area (Å²) >= 11 is 0. The zero-order valence-corrected chi connectivity index (χ0v) is 17.5. The number of amides is 2. The normalized spacial score (nSPS) is 15.4. The van der Waals surface area contributed by atoms with Crippen LogP contribution in [0.15, 0.2) is 36.7 Å². The molecule has 2 N–H and O–H groups in total. The molecule has 0 aromatic carbocycles. The smallest absolute Gasteiger partial charge is 0.475 e. The number of pyridine rings is 1. The van der Waals surface area contributed by atoms with Crippen molar-refractivity contribution in [1.29, 1.82) is 0 Å². The van der Waals surface area contributed by atoms with Crippen LogP contribution in [0.25, 0.3) is 0 Å². The Kier molecular flexibility index (Phi) is 8.33. The van der Waals surface area contributed by atoms with E-state index in [2.05, 4.69) is 15.4 Å². The van der Waals surface area contributed by atoms with E-state index in [1.807, 2.05) is 38.1 Å². The number of nitrogens with zero attached hydrogens (tertiary/aromatic N) is 4. The summed E-state index contributed by atoms with van der Waals surface area (Å²) in [6.07, 6.45) is -1.23. The van der Waals surface area contributed by atoms with Crippen LogP contribution in [0.2, 0.25) is 0 Å². The van der Waals surface area contributed by atoms with Gasteiger partial charge in [-0.3, -0.25) is 19.3 Å². The van der Waals surface area contributed by atoms with Crippen molar-refractivity contribution < 1.29 is 32.7 Å². The summed E-state index contributed by atoms with van der Waals surface area (Å²) < 4.78 is 33.5. The van der Waals surface area contributed by atoms with Crippen molar-refractivity contribution in [2.75, 3.05) is 6.54 Å². The summed E-state index contributed by atoms with van der Waals surface area (Å²) in [7, 11) is 0. The maximum Gasteiger partial charge on any atom is 0.490 e. The van der Waals surface area contributed by atoms with Gasteiger partial charge < -0.3 is 15.3 Å². The molecular weight excluding hydrogens is 431 g/mol. The van der Waals surface area contributed by atoms with E-state index in [9.17, 15) is 22.8 Å². The highest BCUT2D eigenvalue weighted by molar-refractivity contribution is 5.82. The lowest BCUT2D eigenvalue weighted by atomic mass is 10.1. The number of hydrogen-bond donors (Lipinski definition) is 2. The molecule has 1 aliphatic rings. The Labute approximate surface area is 182 Å². The number of aromatic nitrogens is 3. The van der Waals surface area contributed by atoms with Crippen molar-refractivity contribution in [3.63, 3.8) is 0 Å². The predicted octanol–water partition coefficient (Wildman–Crippen LogP) is 2.16. The molecule has 0 bridgehead atoms. The van der Waals surface area contributed by atoms with Gasteiger partial charge in [0.15, 0.2) is 0 Å². The molecule has 0 radical (unpaired) electrons. The molecule has 0 fully saturated rings. The first-order chi connectivity index (χ1) is 15.0. The fourth-order valence-electron chi connectivity index (χ4n) is 2.95. The van der Waals surface area contributed by atoms with Gasteiger partial charge in [0.1, 0.15) is 6.04 Å². The number of rotatable bonds is 5. The number of aliphatic carboxylic acids is 1. The molecular formula is C20H24F3N5O4. The summed E-state index contributed by atoms with van der Waals surface area (Å²) in [5, 5.41) is 14.3. The van der Waals surface area contributed by atoms with E-state index in [4.69, 9.17) is 9.90 Å². The Balaban J connectivity index is 0.000000451. The fraction of sp³-hybridized carbons (Fsp3) is 0.450. The first-order valence-corrected chi connectivity index (χ1v) is 9.77. The van der Waals surface area contributed by atoms with Crippen LogP contribution >= 0.6 is 0 Å². The highest BCUT2D eigenvalue weighted by atomic mass is 19.4. The number of carbonyl (C=O) groups excluding carboxylic acids is 2. The first-order valence-electron chi connectivity index (χ1n) is 9.77. The van der Waals surface area contributed by atoms with E-state index in [-0.39, 0.29) is 17.7 Å². The van der Waals surface area contributed by atoms with Crippen LogP contribution in [0, 0.1) is 5.92 Å². The Morgan fingerprint density at radius 2 is 1.91 bits per heavy atom. The monoisotopic (exact) mass is 455 g/mol. The van der Waals surface area contributed by atoms with Gasteiger partial charge >= 0.3 is 12.1 Å². The number of carboxylic acids is 1. The molecule has 12 heteroatoms. The van der Waals surface area contributed by atoms with E-state index in [0.717, 1.165) is 11.4 Å². The highest BCUT2D eigenvalue weighted by Crippen LogP contribution is 2.22. The Bertz CT molecular complexity index is 931. The molecule has 0 spiro atoms. The quantitative estimate of drug-likeness (QED) is 0.714. The second kappa shape index (κ2) is 10.7. The molecule has 1 unspecified atom stereocenters. The minimum atomic E-state index is -5.08. The van der Waals surface area contributed by atoms with Crippen LogP contribution in [-0.2, 0) is 27.5 Å². The predicted molar refractivity (Wildman–Crippen MR) is 106 cm³/mol. The number of fused-ring (bicyclic) bond motifs is 1. The lowest BCUT2D eigenvalue weighted by molar-refractivity contribution is -0.192. The number of hydrogen-bond acceptors (Lipinski definition) is 5. The third kappa shape index (κ3) is 7.06. The van der Waals surface area contributed by atoms with Gasteiger partial charge in [-0.1, -0.05) is 19.9 Å². The average molecular weight is 455 g/mol. The molecule has 1 atom stereocenters. The molecule has 0 saturated carbocycles. The molecule has 2 aromatic heterocycles. The van der Waals surface area contributed by atoms with Crippen molar-refractivity contribution in [2.24, 2.45) is 5.92 Å². The number of halogens is 3. The largest absolute Gasteiger partial charge is 0.490 e. The molecule has 2 aromatic rings. The summed E-state index contributed by atoms with van der Waals surface area (Å²) in [6.45, 7) is 5.23. The van der Waals surface area contributed by atoms with E-state index in [1.54, 1.807) is 22.0 Å². The zero-order valence-electron chi connectivity index (χ0n) is 17.5. The SMILES string of the molecule is CC(C)CC(=O)N1Cc2ccnn2C(C(=O)NCc2ccccn2)C1.O=C(O)C(F)(F)F. The molecule has 1 aliphatic heterocycles. The lowest BCUT2D eigenvalue weighted by Gasteiger charge is -2.33. The number of nitrogens with one attached hydrogen (secondary N) is 1. The number of alkyl halides is 3. The van der Waals surface area contributed by atoms with Crippen molar-refractivity contribution in [3.05, 3.63) is 48.0 Å². The minimum absolute atomic E-state index is 0.0741. The van der Waals surface area contributed by atoms with Gasteiger partial charge in [-0.05, 0) is 24.1 Å². The van der Waals surface area contributed by atoms with Crippen LogP contribution in [0.3, 0.4) is 0 Å². The van der Waals surface area contributed by atoms with Crippen LogP contribution in [-0.4, -0.2) is 55.3 Å². The van der Waals surface area contributed by atoms with Gasteiger partial charge in [0.2, 0.25) is 11.8 Å².